The van der Waals surface area contributed by atoms with Gasteiger partial charge in [-0.2, -0.15) is 8.42 Å². The van der Waals surface area contributed by atoms with E-state index in [0.29, 0.717) is 13.2 Å². The van der Waals surface area contributed by atoms with E-state index >= 15 is 0 Å². The molecule has 0 aliphatic heterocycles. The molecule has 1 aromatic rings. The van der Waals surface area contributed by atoms with Crippen LogP contribution in [0.4, 0.5) is 0 Å². The van der Waals surface area contributed by atoms with Gasteiger partial charge in [-0.1, -0.05) is 70.1 Å². The molecular weight excluding hydrogens is 312 g/mol. The second kappa shape index (κ2) is 12.5. The van der Waals surface area contributed by atoms with Gasteiger partial charge in [0.1, 0.15) is 0 Å². The quantitative estimate of drug-likeness (QED) is 0.368. The van der Waals surface area contributed by atoms with Crippen LogP contribution in [0.5, 0.6) is 0 Å². The van der Waals surface area contributed by atoms with Gasteiger partial charge in [-0.3, -0.25) is 4.18 Å². The Morgan fingerprint density at radius 1 is 0.783 bits per heavy atom. The van der Waals surface area contributed by atoms with Gasteiger partial charge in [-0.25, -0.2) is 0 Å². The van der Waals surface area contributed by atoms with Gasteiger partial charge in [0.25, 0.3) is 10.1 Å². The van der Waals surface area contributed by atoms with Crippen LogP contribution in [0.2, 0.25) is 0 Å². The number of hydrogen-bond donors (Lipinski definition) is 0. The SMILES string of the molecule is CCCCCCCCCCOCCOS(=O)(=O)c1ccccc1. The summed E-state index contributed by atoms with van der Waals surface area (Å²) in [6, 6.07) is 8.17. The third-order valence-corrected chi connectivity index (χ3v) is 4.97. The largest absolute Gasteiger partial charge is 0.379 e. The number of rotatable bonds is 14. The van der Waals surface area contributed by atoms with Gasteiger partial charge >= 0.3 is 0 Å². The molecule has 0 N–H and O–H groups in total. The normalized spacial score (nSPS) is 11.7. The Labute approximate surface area is 141 Å². The Bertz CT molecular complexity index is 485. The van der Waals surface area contributed by atoms with Gasteiger partial charge in [0, 0.05) is 6.61 Å². The van der Waals surface area contributed by atoms with Crippen molar-refractivity contribution in [2.75, 3.05) is 19.8 Å². The van der Waals surface area contributed by atoms with Crippen molar-refractivity contribution < 1.29 is 17.3 Å². The number of ether oxygens (including phenoxy) is 1. The van der Waals surface area contributed by atoms with Crippen molar-refractivity contribution in [1.82, 2.24) is 0 Å². The highest BCUT2D eigenvalue weighted by atomic mass is 32.2. The molecule has 1 rings (SSSR count). The van der Waals surface area contributed by atoms with E-state index in [9.17, 15) is 8.42 Å². The summed E-state index contributed by atoms with van der Waals surface area (Å²) in [5.41, 5.74) is 0. The highest BCUT2D eigenvalue weighted by Crippen LogP contribution is 2.11. The molecule has 0 bridgehead atoms. The molecule has 0 fully saturated rings. The van der Waals surface area contributed by atoms with Crippen molar-refractivity contribution in [2.24, 2.45) is 0 Å². The summed E-state index contributed by atoms with van der Waals surface area (Å²) < 4.78 is 34.0. The standard InChI is InChI=1S/C18H30O4S/c1-2-3-4-5-6-7-8-12-15-21-16-17-22-23(19,20)18-13-10-9-11-14-18/h9-11,13-14H,2-8,12,15-17H2,1H3. The maximum absolute atomic E-state index is 11.8. The van der Waals surface area contributed by atoms with Crippen molar-refractivity contribution in [1.29, 1.82) is 0 Å². The van der Waals surface area contributed by atoms with Crippen LogP contribution in [0.3, 0.4) is 0 Å². The van der Waals surface area contributed by atoms with Crippen molar-refractivity contribution >= 4 is 10.1 Å². The lowest BCUT2D eigenvalue weighted by atomic mass is 10.1. The molecule has 0 aliphatic carbocycles. The van der Waals surface area contributed by atoms with Crippen molar-refractivity contribution in [3.8, 4) is 0 Å². The predicted molar refractivity (Wildman–Crippen MR) is 93.0 cm³/mol. The van der Waals surface area contributed by atoms with Crippen molar-refractivity contribution in [3.05, 3.63) is 30.3 Å². The topological polar surface area (TPSA) is 52.6 Å². The second-order valence-electron chi connectivity index (χ2n) is 5.68. The predicted octanol–water partition coefficient (Wildman–Crippen LogP) is 4.55. The fourth-order valence-electron chi connectivity index (χ4n) is 2.30. The Hall–Kier alpha value is -0.910. The molecule has 4 nitrogen and oxygen atoms in total. The molecule has 23 heavy (non-hydrogen) atoms. The van der Waals surface area contributed by atoms with E-state index in [2.05, 4.69) is 6.92 Å². The number of benzene rings is 1. The summed E-state index contributed by atoms with van der Waals surface area (Å²) in [5.74, 6) is 0. The molecule has 0 aromatic heterocycles. The minimum atomic E-state index is -3.65. The average Bonchev–Trinajstić information content (AvgIpc) is 2.56. The summed E-state index contributed by atoms with van der Waals surface area (Å²) >= 11 is 0. The molecule has 0 saturated carbocycles. The smallest absolute Gasteiger partial charge is 0.297 e. The summed E-state index contributed by atoms with van der Waals surface area (Å²) in [5, 5.41) is 0. The molecule has 0 heterocycles. The van der Waals surface area contributed by atoms with Crippen LogP contribution in [-0.2, 0) is 19.0 Å². The first-order valence-electron chi connectivity index (χ1n) is 8.69. The maximum Gasteiger partial charge on any atom is 0.297 e. The van der Waals surface area contributed by atoms with Gasteiger partial charge in [0.05, 0.1) is 18.1 Å². The summed E-state index contributed by atoms with van der Waals surface area (Å²) in [7, 11) is -3.65. The van der Waals surface area contributed by atoms with Crippen LogP contribution < -0.4 is 0 Å². The second-order valence-corrected chi connectivity index (χ2v) is 7.29. The first-order chi connectivity index (χ1) is 11.2. The van der Waals surface area contributed by atoms with Crippen LogP contribution in [0.1, 0.15) is 58.3 Å². The van der Waals surface area contributed by atoms with E-state index in [-0.39, 0.29) is 11.5 Å². The molecule has 1 aromatic carbocycles. The summed E-state index contributed by atoms with van der Waals surface area (Å²) in [4.78, 5) is 0.183. The zero-order valence-electron chi connectivity index (χ0n) is 14.2. The van der Waals surface area contributed by atoms with Gasteiger partial charge in [-0.15, -0.1) is 0 Å². The van der Waals surface area contributed by atoms with E-state index in [1.807, 2.05) is 0 Å². The molecule has 0 radical (unpaired) electrons. The van der Waals surface area contributed by atoms with Crippen LogP contribution in [0, 0.1) is 0 Å². The van der Waals surface area contributed by atoms with E-state index in [0.717, 1.165) is 6.42 Å². The molecule has 5 heteroatoms. The third-order valence-electron chi connectivity index (χ3n) is 3.64. The molecule has 132 valence electrons. The highest BCUT2D eigenvalue weighted by Gasteiger charge is 2.13. The summed E-state index contributed by atoms with van der Waals surface area (Å²) in [6.07, 6.45) is 10.1. The van der Waals surface area contributed by atoms with Gasteiger partial charge in [-0.05, 0) is 18.6 Å². The van der Waals surface area contributed by atoms with Crippen LogP contribution in [0.15, 0.2) is 35.2 Å². The lowest BCUT2D eigenvalue weighted by Crippen LogP contribution is -2.12. The van der Waals surface area contributed by atoms with Gasteiger partial charge in [0.2, 0.25) is 0 Å². The molecule has 0 atom stereocenters. The Morgan fingerprint density at radius 2 is 1.39 bits per heavy atom. The fourth-order valence-corrected chi connectivity index (χ4v) is 3.21. The first kappa shape index (κ1) is 20.1. The average molecular weight is 343 g/mol. The fraction of sp³-hybridized carbons (Fsp3) is 0.667. The van der Waals surface area contributed by atoms with Gasteiger partial charge in [0.15, 0.2) is 0 Å². The lowest BCUT2D eigenvalue weighted by Gasteiger charge is -2.06. The monoisotopic (exact) mass is 342 g/mol. The molecule has 0 spiro atoms. The van der Waals surface area contributed by atoms with Crippen LogP contribution in [-0.4, -0.2) is 28.2 Å². The Kier molecular flexibility index (Phi) is 10.9. The first-order valence-corrected chi connectivity index (χ1v) is 10.1. The zero-order chi connectivity index (χ0) is 16.8. The van der Waals surface area contributed by atoms with E-state index in [1.54, 1.807) is 18.2 Å². The van der Waals surface area contributed by atoms with Gasteiger partial charge < -0.3 is 4.74 Å². The molecule has 0 unspecified atom stereocenters. The molecule has 0 amide bonds. The minimum absolute atomic E-state index is 0.0637. The Balaban J connectivity index is 1.96. The van der Waals surface area contributed by atoms with Crippen molar-refractivity contribution in [2.45, 2.75) is 63.2 Å². The molecule has 0 saturated heterocycles. The Morgan fingerprint density at radius 3 is 2.04 bits per heavy atom. The summed E-state index contributed by atoms with van der Waals surface area (Å²) in [6.45, 7) is 3.27. The zero-order valence-corrected chi connectivity index (χ0v) is 15.0. The van der Waals surface area contributed by atoms with E-state index in [1.165, 1.54) is 57.1 Å². The van der Waals surface area contributed by atoms with E-state index < -0.39 is 10.1 Å². The highest BCUT2D eigenvalue weighted by molar-refractivity contribution is 7.86. The number of hydrogen-bond acceptors (Lipinski definition) is 4. The molecular formula is C18H30O4S. The van der Waals surface area contributed by atoms with Crippen LogP contribution >= 0.6 is 0 Å². The number of unbranched alkanes of at least 4 members (excludes halogenated alkanes) is 7. The minimum Gasteiger partial charge on any atom is -0.379 e. The maximum atomic E-state index is 11.8. The third kappa shape index (κ3) is 9.74. The molecule has 0 aliphatic rings. The van der Waals surface area contributed by atoms with Crippen LogP contribution in [0.25, 0.3) is 0 Å². The van der Waals surface area contributed by atoms with Crippen molar-refractivity contribution in [3.63, 3.8) is 0 Å². The lowest BCUT2D eigenvalue weighted by molar-refractivity contribution is 0.0989. The van der Waals surface area contributed by atoms with E-state index in [4.69, 9.17) is 8.92 Å².